The smallest absolute Gasteiger partial charge is 0.308 e. The van der Waals surface area contributed by atoms with Crippen LogP contribution in [0.3, 0.4) is 0 Å². The Hall–Kier alpha value is -0.830. The van der Waals surface area contributed by atoms with Crippen LogP contribution in [0.1, 0.15) is 13.3 Å². The fraction of sp³-hybridized carbons (Fsp3) is 0.500. The molecule has 0 aliphatic heterocycles. The molecule has 1 N–H and O–H groups in total. The highest BCUT2D eigenvalue weighted by atomic mass is 16.6. The first-order valence-electron chi connectivity index (χ1n) is 2.70. The van der Waals surface area contributed by atoms with Gasteiger partial charge in [-0.1, -0.05) is 13.5 Å². The quantitative estimate of drug-likeness (QED) is 0.342. The van der Waals surface area contributed by atoms with Gasteiger partial charge in [0.1, 0.15) is 0 Å². The van der Waals surface area contributed by atoms with Gasteiger partial charge >= 0.3 is 5.97 Å². The monoisotopic (exact) mass is 130 g/mol. The second kappa shape index (κ2) is 4.09. The number of aliphatic hydroxyl groups excluding tert-OH is 1. The highest BCUT2D eigenvalue weighted by molar-refractivity contribution is 5.69. The number of ether oxygens (including phenoxy) is 1. The minimum absolute atomic E-state index is 0.269. The molecule has 3 nitrogen and oxygen atoms in total. The normalized spacial score (nSPS) is 12.2. The van der Waals surface area contributed by atoms with Gasteiger partial charge in [0.25, 0.3) is 0 Å². The lowest BCUT2D eigenvalue weighted by molar-refractivity contribution is -0.160. The molecule has 0 saturated carbocycles. The summed E-state index contributed by atoms with van der Waals surface area (Å²) in [5.74, 6) is -0.428. The van der Waals surface area contributed by atoms with E-state index in [0.29, 0.717) is 0 Å². The molecule has 52 valence electrons. The summed E-state index contributed by atoms with van der Waals surface area (Å²) in [6.45, 7) is 4.87. The van der Waals surface area contributed by atoms with Crippen molar-refractivity contribution in [3.05, 3.63) is 12.7 Å². The van der Waals surface area contributed by atoms with E-state index >= 15 is 0 Å². The van der Waals surface area contributed by atoms with Crippen molar-refractivity contribution in [2.75, 3.05) is 0 Å². The van der Waals surface area contributed by atoms with E-state index in [4.69, 9.17) is 5.11 Å². The van der Waals surface area contributed by atoms with Crippen molar-refractivity contribution in [1.82, 2.24) is 0 Å². The summed E-state index contributed by atoms with van der Waals surface area (Å²) in [6, 6.07) is 0. The Bertz CT molecular complexity index is 109. The second-order valence-corrected chi connectivity index (χ2v) is 1.47. The van der Waals surface area contributed by atoms with Gasteiger partial charge in [0.05, 0.1) is 0 Å². The number of hydrogen-bond acceptors (Lipinski definition) is 3. The first-order valence-corrected chi connectivity index (χ1v) is 2.70. The van der Waals surface area contributed by atoms with E-state index in [1.165, 1.54) is 0 Å². The predicted molar refractivity (Wildman–Crippen MR) is 32.6 cm³/mol. The third kappa shape index (κ3) is 3.73. The topological polar surface area (TPSA) is 46.5 Å². The van der Waals surface area contributed by atoms with Gasteiger partial charge in [0, 0.05) is 6.42 Å². The van der Waals surface area contributed by atoms with Crippen LogP contribution in [0.5, 0.6) is 0 Å². The minimum Gasteiger partial charge on any atom is -0.432 e. The molecule has 0 fully saturated rings. The zero-order chi connectivity index (χ0) is 7.28. The van der Waals surface area contributed by atoms with E-state index < -0.39 is 12.3 Å². The minimum atomic E-state index is -1.16. The van der Waals surface area contributed by atoms with Crippen molar-refractivity contribution in [3.63, 3.8) is 0 Å². The molecule has 0 amide bonds. The van der Waals surface area contributed by atoms with Crippen LogP contribution in [-0.2, 0) is 9.53 Å². The fourth-order valence-corrected chi connectivity index (χ4v) is 0.266. The Morgan fingerprint density at radius 1 is 2.00 bits per heavy atom. The van der Waals surface area contributed by atoms with Gasteiger partial charge in [0.15, 0.2) is 0 Å². The Morgan fingerprint density at radius 2 is 2.56 bits per heavy atom. The van der Waals surface area contributed by atoms with Gasteiger partial charge in [-0.3, -0.25) is 4.79 Å². The van der Waals surface area contributed by atoms with E-state index in [1.807, 2.05) is 0 Å². The van der Waals surface area contributed by atoms with Crippen molar-refractivity contribution in [2.45, 2.75) is 19.6 Å². The summed E-state index contributed by atoms with van der Waals surface area (Å²) in [6.07, 6.45) is 0.260. The second-order valence-electron chi connectivity index (χ2n) is 1.47. The van der Waals surface area contributed by atoms with Gasteiger partial charge in [-0.05, 0) is 6.08 Å². The van der Waals surface area contributed by atoms with Crippen LogP contribution < -0.4 is 0 Å². The van der Waals surface area contributed by atoms with Crippen LogP contribution in [0.4, 0.5) is 0 Å². The van der Waals surface area contributed by atoms with Crippen LogP contribution in [0.25, 0.3) is 0 Å². The molecule has 0 spiro atoms. The summed E-state index contributed by atoms with van der Waals surface area (Å²) in [5.41, 5.74) is 0. The molecule has 0 radical (unpaired) electrons. The first kappa shape index (κ1) is 8.17. The van der Waals surface area contributed by atoms with E-state index in [0.717, 1.165) is 6.08 Å². The van der Waals surface area contributed by atoms with Crippen LogP contribution in [-0.4, -0.2) is 17.4 Å². The number of carbonyl (C=O) groups excluding carboxylic acids is 1. The van der Waals surface area contributed by atoms with E-state index in [2.05, 4.69) is 11.3 Å². The first-order chi connectivity index (χ1) is 4.20. The maximum absolute atomic E-state index is 10.4. The zero-order valence-corrected chi connectivity index (χ0v) is 5.33. The molecule has 0 aromatic carbocycles. The number of aliphatic hydroxyl groups is 1. The van der Waals surface area contributed by atoms with Gasteiger partial charge < -0.3 is 9.84 Å². The molecule has 0 rings (SSSR count). The molecule has 3 heteroatoms. The third-order valence-electron chi connectivity index (χ3n) is 0.743. The Labute approximate surface area is 53.9 Å². The number of esters is 1. The highest BCUT2D eigenvalue weighted by Gasteiger charge is 2.02. The summed E-state index contributed by atoms with van der Waals surface area (Å²) in [5, 5.41) is 8.60. The molecule has 0 bridgehead atoms. The number of rotatable bonds is 3. The maximum atomic E-state index is 10.4. The van der Waals surface area contributed by atoms with E-state index in [9.17, 15) is 4.79 Å². The van der Waals surface area contributed by atoms with E-state index in [1.54, 1.807) is 6.92 Å². The van der Waals surface area contributed by atoms with E-state index in [-0.39, 0.29) is 6.42 Å². The fourth-order valence-electron chi connectivity index (χ4n) is 0.266. The Balaban J connectivity index is 3.46. The molecule has 0 saturated heterocycles. The molecule has 0 aliphatic rings. The molecule has 0 aliphatic carbocycles. The third-order valence-corrected chi connectivity index (χ3v) is 0.743. The number of carbonyl (C=O) groups is 1. The molecular formula is C6H10O3. The molecule has 0 aromatic rings. The molecular weight excluding hydrogens is 120 g/mol. The van der Waals surface area contributed by atoms with Crippen molar-refractivity contribution in [3.8, 4) is 0 Å². The van der Waals surface area contributed by atoms with Gasteiger partial charge in [-0.2, -0.15) is 0 Å². The lowest BCUT2D eigenvalue weighted by atomic mass is 10.5. The lowest BCUT2D eigenvalue weighted by Gasteiger charge is -2.04. The largest absolute Gasteiger partial charge is 0.432 e. The highest BCUT2D eigenvalue weighted by Crippen LogP contribution is 1.90. The maximum Gasteiger partial charge on any atom is 0.308 e. The van der Waals surface area contributed by atoms with Crippen molar-refractivity contribution < 1.29 is 14.6 Å². The SMILES string of the molecule is C=CC(O)OC(=O)CC. The van der Waals surface area contributed by atoms with Crippen LogP contribution >= 0.6 is 0 Å². The predicted octanol–water partition coefficient (Wildman–Crippen LogP) is 0.444. The summed E-state index contributed by atoms with van der Waals surface area (Å²) in [4.78, 5) is 10.4. The molecule has 9 heavy (non-hydrogen) atoms. The van der Waals surface area contributed by atoms with Gasteiger partial charge in [-0.15, -0.1) is 0 Å². The van der Waals surface area contributed by atoms with Crippen LogP contribution in [0, 0.1) is 0 Å². The average Bonchev–Trinajstić information content (AvgIpc) is 1.87. The van der Waals surface area contributed by atoms with Gasteiger partial charge in [0.2, 0.25) is 6.29 Å². The standard InChI is InChI=1S/C6H10O3/c1-3-5(7)9-6(8)4-2/h3,5,7H,1,4H2,2H3. The molecule has 1 atom stereocenters. The summed E-state index contributed by atoms with van der Waals surface area (Å²) < 4.78 is 4.35. The molecule has 0 aromatic heterocycles. The van der Waals surface area contributed by atoms with Crippen molar-refractivity contribution >= 4 is 5.97 Å². The Morgan fingerprint density at radius 3 is 2.89 bits per heavy atom. The average molecular weight is 130 g/mol. The van der Waals surface area contributed by atoms with Crippen LogP contribution in [0.2, 0.25) is 0 Å². The summed E-state index contributed by atoms with van der Waals surface area (Å²) in [7, 11) is 0. The number of hydrogen-bond donors (Lipinski definition) is 1. The Kier molecular flexibility index (Phi) is 3.71. The van der Waals surface area contributed by atoms with Crippen LogP contribution in [0.15, 0.2) is 12.7 Å². The molecule has 0 heterocycles. The zero-order valence-electron chi connectivity index (χ0n) is 5.33. The summed E-state index contributed by atoms with van der Waals surface area (Å²) >= 11 is 0. The molecule has 1 unspecified atom stereocenters. The van der Waals surface area contributed by atoms with Crippen molar-refractivity contribution in [1.29, 1.82) is 0 Å². The van der Waals surface area contributed by atoms with Crippen molar-refractivity contribution in [2.24, 2.45) is 0 Å². The van der Waals surface area contributed by atoms with Gasteiger partial charge in [-0.25, -0.2) is 0 Å². The lowest BCUT2D eigenvalue weighted by Crippen LogP contribution is -2.13.